The lowest BCUT2D eigenvalue weighted by atomic mass is 9.75. The molecule has 0 atom stereocenters. The monoisotopic (exact) mass is 344 g/mol. The molecule has 0 aromatic heterocycles. The highest BCUT2D eigenvalue weighted by Crippen LogP contribution is 2.42. The van der Waals surface area contributed by atoms with Gasteiger partial charge in [-0.25, -0.2) is 0 Å². The maximum atomic E-state index is 12.3. The van der Waals surface area contributed by atoms with Crippen molar-refractivity contribution in [2.75, 3.05) is 5.75 Å². The zero-order chi connectivity index (χ0) is 17.1. The summed E-state index contributed by atoms with van der Waals surface area (Å²) >= 11 is 1.83. The van der Waals surface area contributed by atoms with Gasteiger partial charge in [0.05, 0.1) is 0 Å². The fraction of sp³-hybridized carbons (Fsp3) is 0.174. The highest BCUT2D eigenvalue weighted by atomic mass is 32.2. The van der Waals surface area contributed by atoms with Crippen molar-refractivity contribution < 1.29 is 4.79 Å². The van der Waals surface area contributed by atoms with E-state index in [1.165, 1.54) is 22.3 Å². The van der Waals surface area contributed by atoms with Crippen LogP contribution in [0.4, 0.5) is 0 Å². The van der Waals surface area contributed by atoms with E-state index in [0.717, 1.165) is 36.2 Å². The summed E-state index contributed by atoms with van der Waals surface area (Å²) in [5.41, 5.74) is 7.12. The van der Waals surface area contributed by atoms with Crippen LogP contribution in [0.15, 0.2) is 88.9 Å². The van der Waals surface area contributed by atoms with Crippen molar-refractivity contribution in [1.29, 1.82) is 0 Å². The third-order valence-electron chi connectivity index (χ3n) is 4.77. The molecule has 1 nitrogen and oxygen atoms in total. The normalized spacial score (nSPS) is 19.9. The summed E-state index contributed by atoms with van der Waals surface area (Å²) in [5, 5.41) is 2.10. The van der Waals surface area contributed by atoms with Crippen LogP contribution in [0.3, 0.4) is 0 Å². The molecule has 1 heterocycles. The van der Waals surface area contributed by atoms with E-state index in [9.17, 15) is 4.79 Å². The number of allylic oxidation sites excluding steroid dienone is 10. The van der Waals surface area contributed by atoms with E-state index < -0.39 is 0 Å². The number of fused-ring (bicyclic) bond motifs is 4. The third-order valence-corrected chi connectivity index (χ3v) is 5.51. The number of ketones is 1. The van der Waals surface area contributed by atoms with E-state index in [-0.39, 0.29) is 5.78 Å². The Morgan fingerprint density at radius 3 is 2.68 bits per heavy atom. The largest absolute Gasteiger partial charge is 0.289 e. The minimum Gasteiger partial charge on any atom is -0.289 e. The fourth-order valence-electron chi connectivity index (χ4n) is 3.60. The van der Waals surface area contributed by atoms with Crippen LogP contribution in [0, 0.1) is 0 Å². The third kappa shape index (κ3) is 3.27. The summed E-state index contributed by atoms with van der Waals surface area (Å²) in [6.07, 6.45) is 17.5. The van der Waals surface area contributed by atoms with Gasteiger partial charge in [-0.2, -0.15) is 0 Å². The van der Waals surface area contributed by atoms with Gasteiger partial charge in [-0.3, -0.25) is 4.79 Å². The maximum absolute atomic E-state index is 12.3. The predicted octanol–water partition coefficient (Wildman–Crippen LogP) is 5.58. The van der Waals surface area contributed by atoms with Gasteiger partial charge in [-0.05, 0) is 58.6 Å². The Balaban J connectivity index is 0.000000223. The molecule has 0 unspecified atom stereocenters. The van der Waals surface area contributed by atoms with Gasteiger partial charge in [-0.15, -0.1) is 11.8 Å². The molecule has 0 saturated heterocycles. The lowest BCUT2D eigenvalue weighted by Crippen LogP contribution is -2.16. The first-order chi connectivity index (χ1) is 12.3. The van der Waals surface area contributed by atoms with Crippen LogP contribution in [-0.4, -0.2) is 11.5 Å². The second-order valence-corrected chi connectivity index (χ2v) is 7.26. The fourth-order valence-corrected chi connectivity index (χ4v) is 4.13. The first-order valence-corrected chi connectivity index (χ1v) is 9.77. The molecule has 4 aliphatic rings. The quantitative estimate of drug-likeness (QED) is 0.611. The molecule has 0 radical (unpaired) electrons. The summed E-state index contributed by atoms with van der Waals surface area (Å²) < 4.78 is 0. The van der Waals surface area contributed by atoms with Gasteiger partial charge in [-0.1, -0.05) is 60.7 Å². The Morgan fingerprint density at radius 1 is 1.00 bits per heavy atom. The highest BCUT2D eigenvalue weighted by molar-refractivity contribution is 8.02. The smallest absolute Gasteiger partial charge is 0.186 e. The second kappa shape index (κ2) is 7.28. The van der Waals surface area contributed by atoms with E-state index in [4.69, 9.17) is 0 Å². The van der Waals surface area contributed by atoms with Gasteiger partial charge in [0.15, 0.2) is 5.78 Å². The summed E-state index contributed by atoms with van der Waals surface area (Å²) in [7, 11) is 0. The number of carbonyl (C=O) groups excluding carboxylic acids is 1. The molecule has 25 heavy (non-hydrogen) atoms. The SMILES string of the molecule is C1=CCSC=C1.O=C1C=C2C(=CCc3ccccc32)C2=C1C=CCC2. The average molecular weight is 344 g/mol. The highest BCUT2D eigenvalue weighted by Gasteiger charge is 2.28. The molecule has 1 aromatic carbocycles. The van der Waals surface area contributed by atoms with Crippen LogP contribution in [-0.2, 0) is 11.2 Å². The molecular formula is C23H20OS. The van der Waals surface area contributed by atoms with Crippen molar-refractivity contribution in [3.05, 3.63) is 100 Å². The van der Waals surface area contributed by atoms with Crippen LogP contribution < -0.4 is 0 Å². The molecule has 3 aliphatic carbocycles. The molecule has 0 fully saturated rings. The Morgan fingerprint density at radius 2 is 1.92 bits per heavy atom. The van der Waals surface area contributed by atoms with Gasteiger partial charge < -0.3 is 0 Å². The second-order valence-electron chi connectivity index (χ2n) is 6.32. The standard InChI is InChI=1S/C18H14O.C5H6S/c19-18-11-17-13-6-2-1-5-12(13)9-10-15(17)14-7-3-4-8-16(14)18;1-2-4-6-5-3-1/h1-2,4-6,8,10-11H,3,7,9H2;1-4H,5H2. The van der Waals surface area contributed by atoms with Crippen molar-refractivity contribution in [1.82, 2.24) is 0 Å². The van der Waals surface area contributed by atoms with Crippen molar-refractivity contribution in [2.45, 2.75) is 19.3 Å². The Hall–Kier alpha value is -2.32. The number of rotatable bonds is 0. The van der Waals surface area contributed by atoms with Crippen molar-refractivity contribution in [2.24, 2.45) is 0 Å². The minimum absolute atomic E-state index is 0.162. The van der Waals surface area contributed by atoms with Gasteiger partial charge >= 0.3 is 0 Å². The number of hydrogen-bond donors (Lipinski definition) is 0. The van der Waals surface area contributed by atoms with Gasteiger partial charge in [0.2, 0.25) is 0 Å². The topological polar surface area (TPSA) is 17.1 Å². The molecule has 0 amide bonds. The molecule has 2 heteroatoms. The van der Waals surface area contributed by atoms with Gasteiger partial charge in [0.1, 0.15) is 0 Å². The first kappa shape index (κ1) is 16.2. The number of benzene rings is 1. The van der Waals surface area contributed by atoms with Crippen LogP contribution in [0.5, 0.6) is 0 Å². The molecule has 1 aliphatic heterocycles. The molecule has 0 N–H and O–H groups in total. The van der Waals surface area contributed by atoms with Gasteiger partial charge in [0, 0.05) is 11.3 Å². The van der Waals surface area contributed by atoms with Crippen LogP contribution >= 0.6 is 11.8 Å². The molecule has 1 aromatic rings. The predicted molar refractivity (Wildman–Crippen MR) is 107 cm³/mol. The molecular weight excluding hydrogens is 324 g/mol. The Kier molecular flexibility index (Phi) is 4.71. The molecule has 0 bridgehead atoms. The lowest BCUT2D eigenvalue weighted by molar-refractivity contribution is -0.111. The van der Waals surface area contributed by atoms with E-state index in [2.05, 4.69) is 54.0 Å². The van der Waals surface area contributed by atoms with E-state index in [1.807, 2.05) is 30.0 Å². The molecule has 5 rings (SSSR count). The van der Waals surface area contributed by atoms with E-state index in [1.54, 1.807) is 0 Å². The first-order valence-electron chi connectivity index (χ1n) is 8.73. The summed E-state index contributed by atoms with van der Waals surface area (Å²) in [5.74, 6) is 1.31. The summed E-state index contributed by atoms with van der Waals surface area (Å²) in [6.45, 7) is 0. The van der Waals surface area contributed by atoms with E-state index >= 15 is 0 Å². The number of hydrogen-bond acceptors (Lipinski definition) is 2. The molecule has 0 saturated carbocycles. The average Bonchev–Trinajstić information content (AvgIpc) is 2.70. The Labute approximate surface area is 153 Å². The lowest BCUT2D eigenvalue weighted by Gasteiger charge is -2.28. The van der Waals surface area contributed by atoms with Crippen molar-refractivity contribution in [3.8, 4) is 0 Å². The maximum Gasteiger partial charge on any atom is 0.186 e. The Bertz CT molecular complexity index is 878. The van der Waals surface area contributed by atoms with Gasteiger partial charge in [0.25, 0.3) is 0 Å². The van der Waals surface area contributed by atoms with E-state index in [0.29, 0.717) is 0 Å². The zero-order valence-corrected chi connectivity index (χ0v) is 14.9. The number of carbonyl (C=O) groups is 1. The molecule has 124 valence electrons. The van der Waals surface area contributed by atoms with Crippen molar-refractivity contribution >= 4 is 23.1 Å². The van der Waals surface area contributed by atoms with Crippen LogP contribution in [0.25, 0.3) is 5.57 Å². The van der Waals surface area contributed by atoms with Crippen LogP contribution in [0.2, 0.25) is 0 Å². The zero-order valence-electron chi connectivity index (χ0n) is 14.1. The summed E-state index contributed by atoms with van der Waals surface area (Å²) in [6, 6.07) is 8.40. The molecule has 0 spiro atoms. The minimum atomic E-state index is 0.162. The van der Waals surface area contributed by atoms with Crippen molar-refractivity contribution in [3.63, 3.8) is 0 Å². The summed E-state index contributed by atoms with van der Waals surface area (Å²) in [4.78, 5) is 12.3. The van der Waals surface area contributed by atoms with Crippen LogP contribution in [0.1, 0.15) is 24.0 Å². The number of thioether (sulfide) groups is 1.